The first-order valence-electron chi connectivity index (χ1n) is 5.14. The number of nitrogens with zero attached hydrogens (tertiary/aromatic N) is 1. The van der Waals surface area contributed by atoms with Crippen molar-refractivity contribution in [3.8, 4) is 0 Å². The maximum absolute atomic E-state index is 11.2. The quantitative estimate of drug-likeness (QED) is 0.857. The first kappa shape index (κ1) is 11.5. The van der Waals surface area contributed by atoms with E-state index >= 15 is 0 Å². The van der Waals surface area contributed by atoms with Crippen LogP contribution in [0.15, 0.2) is 5.38 Å². The van der Waals surface area contributed by atoms with E-state index < -0.39 is 11.4 Å². The molecule has 2 heterocycles. The summed E-state index contributed by atoms with van der Waals surface area (Å²) < 4.78 is 5.03. The lowest BCUT2D eigenvalue weighted by molar-refractivity contribution is -0.163. The number of rotatable bonds is 2. The Morgan fingerprint density at radius 3 is 2.50 bits per heavy atom. The molecule has 88 valence electrons. The summed E-state index contributed by atoms with van der Waals surface area (Å²) in [5.41, 5.74) is -0.297. The molecule has 0 aliphatic carbocycles. The smallest absolute Gasteiger partial charge is 0.320 e. The molecule has 0 atom stereocenters. The highest BCUT2D eigenvalue weighted by atomic mass is 32.1. The van der Waals surface area contributed by atoms with Gasteiger partial charge in [-0.3, -0.25) is 4.79 Å². The molecule has 5 heteroatoms. The fourth-order valence-corrected chi connectivity index (χ4v) is 2.53. The van der Waals surface area contributed by atoms with E-state index in [9.17, 15) is 9.90 Å². The van der Waals surface area contributed by atoms with Crippen LogP contribution in [0.2, 0.25) is 0 Å². The molecular weight excluding hydrogens is 226 g/mol. The number of carbonyl (C=O) groups is 1. The van der Waals surface area contributed by atoms with Crippen molar-refractivity contribution in [1.82, 2.24) is 4.98 Å². The third-order valence-corrected chi connectivity index (χ3v) is 4.01. The lowest BCUT2D eigenvalue weighted by Gasteiger charge is -2.35. The predicted molar refractivity (Wildman–Crippen MR) is 60.9 cm³/mol. The second kappa shape index (κ2) is 3.53. The van der Waals surface area contributed by atoms with Crippen molar-refractivity contribution >= 4 is 17.3 Å². The minimum Gasteiger partial charge on any atom is -0.480 e. The normalized spacial score (nSPS) is 19.2. The van der Waals surface area contributed by atoms with Crippen LogP contribution in [0.4, 0.5) is 0 Å². The van der Waals surface area contributed by atoms with Gasteiger partial charge in [-0.05, 0) is 0 Å². The zero-order valence-electron chi connectivity index (χ0n) is 9.61. The molecule has 1 aromatic rings. The zero-order chi connectivity index (χ0) is 12.0. The van der Waals surface area contributed by atoms with Gasteiger partial charge < -0.3 is 9.84 Å². The van der Waals surface area contributed by atoms with Crippen LogP contribution in [0.5, 0.6) is 0 Å². The van der Waals surface area contributed by atoms with E-state index in [1.165, 1.54) is 11.3 Å². The minimum atomic E-state index is -0.903. The van der Waals surface area contributed by atoms with Gasteiger partial charge in [-0.15, -0.1) is 11.3 Å². The Hall–Kier alpha value is -0.940. The third-order valence-electron chi connectivity index (χ3n) is 2.74. The van der Waals surface area contributed by atoms with Gasteiger partial charge in [0.05, 0.1) is 23.9 Å². The Morgan fingerprint density at radius 2 is 2.19 bits per heavy atom. The SMILES string of the molecule is CC(C)(C)c1nc(C2(C(=O)O)COC2)cs1. The molecule has 1 aliphatic rings. The molecule has 0 aromatic carbocycles. The molecule has 1 fully saturated rings. The minimum absolute atomic E-state index is 0.0345. The van der Waals surface area contributed by atoms with E-state index in [-0.39, 0.29) is 18.6 Å². The monoisotopic (exact) mass is 241 g/mol. The number of thiazole rings is 1. The van der Waals surface area contributed by atoms with Gasteiger partial charge in [0, 0.05) is 10.8 Å². The molecule has 1 aromatic heterocycles. The molecular formula is C11H15NO3S. The molecule has 1 N–H and O–H groups in total. The summed E-state index contributed by atoms with van der Waals surface area (Å²) in [7, 11) is 0. The highest BCUT2D eigenvalue weighted by Gasteiger charge is 2.50. The van der Waals surface area contributed by atoms with E-state index in [0.717, 1.165) is 5.01 Å². The van der Waals surface area contributed by atoms with E-state index in [0.29, 0.717) is 5.69 Å². The molecule has 0 radical (unpaired) electrons. The van der Waals surface area contributed by atoms with E-state index in [1.54, 1.807) is 0 Å². The van der Waals surface area contributed by atoms with E-state index in [4.69, 9.17) is 4.74 Å². The Balaban J connectivity index is 2.35. The number of hydrogen-bond donors (Lipinski definition) is 1. The summed E-state index contributed by atoms with van der Waals surface area (Å²) in [5, 5.41) is 12.0. The summed E-state index contributed by atoms with van der Waals surface area (Å²) in [5.74, 6) is -0.843. The number of carboxylic acid groups (broad SMARTS) is 1. The average Bonchev–Trinajstić information content (AvgIpc) is 2.48. The molecule has 1 saturated heterocycles. The molecule has 2 rings (SSSR count). The number of hydrogen-bond acceptors (Lipinski definition) is 4. The number of carboxylic acids is 1. The van der Waals surface area contributed by atoms with Crippen molar-refractivity contribution in [2.75, 3.05) is 13.2 Å². The van der Waals surface area contributed by atoms with E-state index in [2.05, 4.69) is 25.8 Å². The Bertz CT molecular complexity index is 415. The number of ether oxygens (including phenoxy) is 1. The Morgan fingerprint density at radius 1 is 1.56 bits per heavy atom. The first-order valence-corrected chi connectivity index (χ1v) is 6.02. The van der Waals surface area contributed by atoms with Crippen LogP contribution >= 0.6 is 11.3 Å². The van der Waals surface area contributed by atoms with Crippen LogP contribution in [0.25, 0.3) is 0 Å². The fraction of sp³-hybridized carbons (Fsp3) is 0.636. The van der Waals surface area contributed by atoms with Crippen LogP contribution < -0.4 is 0 Å². The van der Waals surface area contributed by atoms with Gasteiger partial charge in [-0.25, -0.2) is 4.98 Å². The van der Waals surface area contributed by atoms with Crippen molar-refractivity contribution in [1.29, 1.82) is 0 Å². The van der Waals surface area contributed by atoms with Crippen LogP contribution in [-0.2, 0) is 20.4 Å². The van der Waals surface area contributed by atoms with Crippen molar-refractivity contribution in [2.45, 2.75) is 31.6 Å². The van der Waals surface area contributed by atoms with Crippen molar-refractivity contribution in [3.63, 3.8) is 0 Å². The van der Waals surface area contributed by atoms with Crippen molar-refractivity contribution in [3.05, 3.63) is 16.1 Å². The fourth-order valence-electron chi connectivity index (χ4n) is 1.53. The first-order chi connectivity index (χ1) is 7.36. The molecule has 0 amide bonds. The van der Waals surface area contributed by atoms with Crippen LogP contribution in [0.1, 0.15) is 31.5 Å². The lowest BCUT2D eigenvalue weighted by atomic mass is 9.83. The van der Waals surface area contributed by atoms with Gasteiger partial charge >= 0.3 is 5.97 Å². The summed E-state index contributed by atoms with van der Waals surface area (Å²) in [6.07, 6.45) is 0. The summed E-state index contributed by atoms with van der Waals surface area (Å²) >= 11 is 1.52. The summed E-state index contributed by atoms with van der Waals surface area (Å²) in [6.45, 7) is 6.67. The van der Waals surface area contributed by atoms with Crippen LogP contribution in [0, 0.1) is 0 Å². The number of aliphatic carboxylic acids is 1. The predicted octanol–water partition coefficient (Wildman–Crippen LogP) is 1.79. The number of aromatic nitrogens is 1. The highest BCUT2D eigenvalue weighted by molar-refractivity contribution is 7.09. The van der Waals surface area contributed by atoms with Gasteiger partial charge in [-0.1, -0.05) is 20.8 Å². The molecule has 0 unspecified atom stereocenters. The van der Waals surface area contributed by atoms with Gasteiger partial charge in [0.1, 0.15) is 0 Å². The third kappa shape index (κ3) is 1.64. The average molecular weight is 241 g/mol. The summed E-state index contributed by atoms with van der Waals surface area (Å²) in [4.78, 5) is 15.7. The van der Waals surface area contributed by atoms with Gasteiger partial charge in [-0.2, -0.15) is 0 Å². The Labute approximate surface area is 98.3 Å². The highest BCUT2D eigenvalue weighted by Crippen LogP contribution is 2.35. The summed E-state index contributed by atoms with van der Waals surface area (Å²) in [6, 6.07) is 0. The van der Waals surface area contributed by atoms with Crippen LogP contribution in [0.3, 0.4) is 0 Å². The maximum Gasteiger partial charge on any atom is 0.320 e. The maximum atomic E-state index is 11.2. The van der Waals surface area contributed by atoms with Crippen molar-refractivity contribution < 1.29 is 14.6 Å². The molecule has 1 aliphatic heterocycles. The molecule has 0 spiro atoms. The zero-order valence-corrected chi connectivity index (χ0v) is 10.4. The molecule has 0 saturated carbocycles. The van der Waals surface area contributed by atoms with Crippen LogP contribution in [-0.4, -0.2) is 29.3 Å². The van der Waals surface area contributed by atoms with Gasteiger partial charge in [0.25, 0.3) is 0 Å². The second-order valence-electron chi connectivity index (χ2n) is 5.17. The Kier molecular flexibility index (Phi) is 2.55. The standard InChI is InChI=1S/C11H15NO3S/c1-10(2,3)8-12-7(4-16-8)11(9(13)14)5-15-6-11/h4H,5-6H2,1-3H3,(H,13,14). The molecule has 4 nitrogen and oxygen atoms in total. The second-order valence-corrected chi connectivity index (χ2v) is 6.03. The largest absolute Gasteiger partial charge is 0.480 e. The van der Waals surface area contributed by atoms with Crippen molar-refractivity contribution in [2.24, 2.45) is 0 Å². The molecule has 16 heavy (non-hydrogen) atoms. The topological polar surface area (TPSA) is 59.4 Å². The van der Waals surface area contributed by atoms with Gasteiger partial charge in [0.2, 0.25) is 0 Å². The van der Waals surface area contributed by atoms with E-state index in [1.807, 2.05) is 5.38 Å². The van der Waals surface area contributed by atoms with Gasteiger partial charge in [0.15, 0.2) is 5.41 Å². The molecule has 0 bridgehead atoms. The lowest BCUT2D eigenvalue weighted by Crippen LogP contribution is -2.53.